The van der Waals surface area contributed by atoms with Crippen molar-refractivity contribution in [2.75, 3.05) is 33.9 Å². The lowest BCUT2D eigenvalue weighted by atomic mass is 9.96. The van der Waals surface area contributed by atoms with Crippen molar-refractivity contribution < 1.29 is 24.2 Å². The zero-order valence-corrected chi connectivity index (χ0v) is 11.7. The van der Waals surface area contributed by atoms with E-state index in [1.807, 2.05) is 0 Å². The van der Waals surface area contributed by atoms with Gasteiger partial charge in [-0.2, -0.15) is 0 Å². The Bertz CT molecular complexity index is 366. The zero-order chi connectivity index (χ0) is 15.1. The number of hydrogen-bond donors (Lipinski definition) is 3. The van der Waals surface area contributed by atoms with Crippen LogP contribution in [0, 0.1) is 5.92 Å². The normalized spacial score (nSPS) is 17.4. The molecule has 8 heteroatoms. The van der Waals surface area contributed by atoms with Crippen LogP contribution in [0.4, 0.5) is 4.79 Å². The molecule has 0 spiro atoms. The molecule has 0 aliphatic carbocycles. The SMILES string of the molecule is CNC(=O)C1CCN(C(=O)NC(COC)C(=O)O)CC1. The minimum atomic E-state index is -1.14. The van der Waals surface area contributed by atoms with E-state index in [9.17, 15) is 14.4 Å². The van der Waals surface area contributed by atoms with Crippen LogP contribution in [-0.2, 0) is 14.3 Å². The maximum Gasteiger partial charge on any atom is 0.328 e. The van der Waals surface area contributed by atoms with Crippen molar-refractivity contribution >= 4 is 17.9 Å². The molecule has 1 aliphatic heterocycles. The van der Waals surface area contributed by atoms with E-state index in [1.54, 1.807) is 7.05 Å². The van der Waals surface area contributed by atoms with Gasteiger partial charge in [0.05, 0.1) is 6.61 Å². The van der Waals surface area contributed by atoms with Crippen molar-refractivity contribution in [1.29, 1.82) is 0 Å². The summed E-state index contributed by atoms with van der Waals surface area (Å²) in [5, 5.41) is 13.9. The first-order valence-electron chi connectivity index (χ1n) is 6.48. The predicted molar refractivity (Wildman–Crippen MR) is 70.2 cm³/mol. The van der Waals surface area contributed by atoms with Gasteiger partial charge in [-0.1, -0.05) is 0 Å². The van der Waals surface area contributed by atoms with E-state index in [1.165, 1.54) is 12.0 Å². The van der Waals surface area contributed by atoms with Crippen molar-refractivity contribution in [1.82, 2.24) is 15.5 Å². The molecule has 0 radical (unpaired) electrons. The summed E-state index contributed by atoms with van der Waals surface area (Å²) in [6.45, 7) is 0.780. The van der Waals surface area contributed by atoms with Crippen LogP contribution in [-0.4, -0.2) is 67.8 Å². The highest BCUT2D eigenvalue weighted by molar-refractivity contribution is 5.83. The Morgan fingerprint density at radius 3 is 2.40 bits per heavy atom. The molecule has 1 atom stereocenters. The van der Waals surface area contributed by atoms with Crippen molar-refractivity contribution in [2.45, 2.75) is 18.9 Å². The van der Waals surface area contributed by atoms with Gasteiger partial charge >= 0.3 is 12.0 Å². The molecule has 8 nitrogen and oxygen atoms in total. The maximum atomic E-state index is 11.9. The van der Waals surface area contributed by atoms with Gasteiger partial charge in [-0.15, -0.1) is 0 Å². The first-order valence-corrected chi connectivity index (χ1v) is 6.48. The number of piperidine rings is 1. The summed E-state index contributed by atoms with van der Waals surface area (Å²) in [5.41, 5.74) is 0. The van der Waals surface area contributed by atoms with Crippen LogP contribution in [0.15, 0.2) is 0 Å². The van der Waals surface area contributed by atoms with E-state index < -0.39 is 18.0 Å². The van der Waals surface area contributed by atoms with Crippen LogP contribution in [0.25, 0.3) is 0 Å². The number of amides is 3. The summed E-state index contributed by atoms with van der Waals surface area (Å²) >= 11 is 0. The number of likely N-dealkylation sites (tertiary alicyclic amines) is 1. The first kappa shape index (κ1) is 16.2. The molecule has 1 aliphatic rings. The third-order valence-electron chi connectivity index (χ3n) is 3.33. The number of methoxy groups -OCH3 is 1. The number of urea groups is 1. The highest BCUT2D eigenvalue weighted by atomic mass is 16.5. The lowest BCUT2D eigenvalue weighted by Gasteiger charge is -2.31. The number of ether oxygens (including phenoxy) is 1. The first-order chi connectivity index (χ1) is 9.49. The molecule has 3 N–H and O–H groups in total. The molecule has 0 saturated carbocycles. The Balaban J connectivity index is 2.46. The number of carboxylic acids is 1. The van der Waals surface area contributed by atoms with Crippen molar-refractivity contribution in [3.8, 4) is 0 Å². The molecule has 0 aromatic carbocycles. The highest BCUT2D eigenvalue weighted by Gasteiger charge is 2.28. The predicted octanol–water partition coefficient (Wildman–Crippen LogP) is -0.746. The molecule has 0 bridgehead atoms. The second-order valence-electron chi connectivity index (χ2n) is 4.67. The summed E-state index contributed by atoms with van der Waals surface area (Å²) in [6, 6.07) is -1.51. The molecule has 3 amide bonds. The summed E-state index contributed by atoms with van der Waals surface area (Å²) in [6.07, 6.45) is 1.16. The Morgan fingerprint density at radius 1 is 1.35 bits per heavy atom. The number of aliphatic carboxylic acids is 1. The number of nitrogens with one attached hydrogen (secondary N) is 2. The Labute approximate surface area is 117 Å². The van der Waals surface area contributed by atoms with Crippen molar-refractivity contribution in [3.05, 3.63) is 0 Å². The average Bonchev–Trinajstić information content (AvgIpc) is 2.45. The number of hydrogen-bond acceptors (Lipinski definition) is 4. The average molecular weight is 287 g/mol. The molecule has 1 unspecified atom stereocenters. The van der Waals surface area contributed by atoms with Gasteiger partial charge in [0.25, 0.3) is 0 Å². The molecule has 20 heavy (non-hydrogen) atoms. The largest absolute Gasteiger partial charge is 0.480 e. The third-order valence-corrected chi connectivity index (χ3v) is 3.33. The fourth-order valence-corrected chi connectivity index (χ4v) is 2.13. The summed E-state index contributed by atoms with van der Waals surface area (Å²) in [4.78, 5) is 35.8. The molecular formula is C12H21N3O5. The molecule has 1 fully saturated rings. The van der Waals surface area contributed by atoms with Gasteiger partial charge in [-0.3, -0.25) is 4.79 Å². The van der Waals surface area contributed by atoms with Crippen LogP contribution in [0.3, 0.4) is 0 Å². The van der Waals surface area contributed by atoms with Crippen LogP contribution in [0.2, 0.25) is 0 Å². The Morgan fingerprint density at radius 2 is 1.95 bits per heavy atom. The van der Waals surface area contributed by atoms with Gasteiger partial charge < -0.3 is 25.4 Å². The van der Waals surface area contributed by atoms with Gasteiger partial charge in [0.1, 0.15) is 0 Å². The lowest BCUT2D eigenvalue weighted by molar-refractivity contribution is -0.140. The highest BCUT2D eigenvalue weighted by Crippen LogP contribution is 2.17. The Kier molecular flexibility index (Phi) is 6.23. The second-order valence-corrected chi connectivity index (χ2v) is 4.67. The molecule has 0 aromatic heterocycles. The fraction of sp³-hybridized carbons (Fsp3) is 0.750. The molecule has 0 aromatic rings. The van der Waals surface area contributed by atoms with E-state index in [2.05, 4.69) is 10.6 Å². The second kappa shape index (κ2) is 7.68. The number of carboxylic acid groups (broad SMARTS) is 1. The smallest absolute Gasteiger partial charge is 0.328 e. The number of carbonyl (C=O) groups is 3. The quantitative estimate of drug-likeness (QED) is 0.617. The standard InChI is InChI=1S/C12H21N3O5/c1-13-10(16)8-3-5-15(6-4-8)12(19)14-9(7-20-2)11(17)18/h8-9H,3-7H2,1-2H3,(H,13,16)(H,14,19)(H,17,18). The molecule has 114 valence electrons. The third kappa shape index (κ3) is 4.37. The lowest BCUT2D eigenvalue weighted by Crippen LogP contribution is -2.52. The monoisotopic (exact) mass is 287 g/mol. The van der Waals surface area contributed by atoms with Crippen molar-refractivity contribution in [2.24, 2.45) is 5.92 Å². The van der Waals surface area contributed by atoms with Crippen molar-refractivity contribution in [3.63, 3.8) is 0 Å². The van der Waals surface area contributed by atoms with E-state index in [-0.39, 0.29) is 18.4 Å². The minimum absolute atomic E-state index is 0.0205. The van der Waals surface area contributed by atoms with Gasteiger partial charge in [-0.25, -0.2) is 9.59 Å². The van der Waals surface area contributed by atoms with E-state index >= 15 is 0 Å². The number of rotatable bonds is 5. The maximum absolute atomic E-state index is 11.9. The summed E-state index contributed by atoms with van der Waals surface area (Å²) in [7, 11) is 2.96. The van der Waals surface area contributed by atoms with E-state index in [4.69, 9.17) is 9.84 Å². The van der Waals surface area contributed by atoms with Crippen LogP contribution >= 0.6 is 0 Å². The van der Waals surface area contributed by atoms with Crippen LogP contribution in [0.5, 0.6) is 0 Å². The van der Waals surface area contributed by atoms with Crippen LogP contribution < -0.4 is 10.6 Å². The summed E-state index contributed by atoms with van der Waals surface area (Å²) in [5.74, 6) is -1.24. The van der Waals surface area contributed by atoms with Gasteiger partial charge in [0, 0.05) is 33.2 Å². The zero-order valence-electron chi connectivity index (χ0n) is 11.7. The number of nitrogens with zero attached hydrogens (tertiary/aromatic N) is 1. The molecular weight excluding hydrogens is 266 g/mol. The fourth-order valence-electron chi connectivity index (χ4n) is 2.13. The Hall–Kier alpha value is -1.83. The minimum Gasteiger partial charge on any atom is -0.480 e. The molecule has 1 heterocycles. The van der Waals surface area contributed by atoms with Gasteiger partial charge in [0.2, 0.25) is 5.91 Å². The van der Waals surface area contributed by atoms with Crippen LogP contribution in [0.1, 0.15) is 12.8 Å². The topological polar surface area (TPSA) is 108 Å². The molecule has 1 rings (SSSR count). The van der Waals surface area contributed by atoms with E-state index in [0.717, 1.165) is 0 Å². The van der Waals surface area contributed by atoms with Gasteiger partial charge in [-0.05, 0) is 12.8 Å². The van der Waals surface area contributed by atoms with Gasteiger partial charge in [0.15, 0.2) is 6.04 Å². The molecule has 1 saturated heterocycles. The summed E-state index contributed by atoms with van der Waals surface area (Å²) < 4.78 is 4.75. The number of carbonyl (C=O) groups excluding carboxylic acids is 2. The van der Waals surface area contributed by atoms with E-state index in [0.29, 0.717) is 25.9 Å².